The summed E-state index contributed by atoms with van der Waals surface area (Å²) in [6.07, 6.45) is 4.86. The number of carbonyl (C=O) groups excluding carboxylic acids is 2. The fourth-order valence-electron chi connectivity index (χ4n) is 2.42. The van der Waals surface area contributed by atoms with Gasteiger partial charge in [-0.15, -0.1) is 12.4 Å². The monoisotopic (exact) mass is 315 g/mol. The molecule has 1 aromatic heterocycles. The van der Waals surface area contributed by atoms with Crippen LogP contribution in [0, 0.1) is 0 Å². The van der Waals surface area contributed by atoms with Crippen LogP contribution in [0.15, 0.2) is 23.0 Å². The molecule has 2 heterocycles. The maximum atomic E-state index is 12.3. The van der Waals surface area contributed by atoms with E-state index < -0.39 is 6.04 Å². The van der Waals surface area contributed by atoms with Crippen LogP contribution in [0.3, 0.4) is 0 Å². The first-order chi connectivity index (χ1) is 9.61. The van der Waals surface area contributed by atoms with Gasteiger partial charge in [0.15, 0.2) is 0 Å². The number of likely N-dealkylation sites (tertiary alicyclic amines) is 1. The molecule has 0 saturated carbocycles. The maximum absolute atomic E-state index is 12.3. The number of rotatable bonds is 4. The second-order valence-corrected chi connectivity index (χ2v) is 5.12. The molecule has 0 radical (unpaired) electrons. The van der Waals surface area contributed by atoms with Crippen molar-refractivity contribution >= 4 is 24.2 Å². The molecule has 6 nitrogen and oxygen atoms in total. The molecular weight excluding hydrogens is 294 g/mol. The second-order valence-electron chi connectivity index (χ2n) is 5.12. The third kappa shape index (κ3) is 4.47. The number of furan rings is 1. The third-order valence-corrected chi connectivity index (χ3v) is 3.64. The number of hydrogen-bond donors (Lipinski definition) is 2. The number of hydrogen-bond acceptors (Lipinski definition) is 4. The van der Waals surface area contributed by atoms with Crippen LogP contribution in [-0.4, -0.2) is 48.9 Å². The molecule has 1 saturated heterocycles. The Bertz CT molecular complexity index is 464. The molecule has 118 valence electrons. The lowest BCUT2D eigenvalue weighted by Gasteiger charge is -2.34. The van der Waals surface area contributed by atoms with E-state index in [1.165, 1.54) is 12.5 Å². The molecule has 0 aromatic carbocycles. The van der Waals surface area contributed by atoms with Crippen LogP contribution in [0.2, 0.25) is 0 Å². The van der Waals surface area contributed by atoms with Gasteiger partial charge in [0, 0.05) is 19.1 Å². The van der Waals surface area contributed by atoms with E-state index in [0.717, 1.165) is 19.4 Å². The Labute approximate surface area is 130 Å². The van der Waals surface area contributed by atoms with Crippen LogP contribution in [0.5, 0.6) is 0 Å². The van der Waals surface area contributed by atoms with E-state index in [1.54, 1.807) is 13.0 Å². The SMILES string of the molecule is CNC1CCCN(C(=O)C(C)NC(=O)c2ccoc2)C1.Cl. The predicted molar refractivity (Wildman–Crippen MR) is 81.5 cm³/mol. The van der Waals surface area contributed by atoms with Gasteiger partial charge < -0.3 is 20.0 Å². The minimum atomic E-state index is -0.534. The van der Waals surface area contributed by atoms with Crippen molar-refractivity contribution in [2.24, 2.45) is 0 Å². The summed E-state index contributed by atoms with van der Waals surface area (Å²) in [5.41, 5.74) is 0.427. The Morgan fingerprint density at radius 1 is 1.48 bits per heavy atom. The van der Waals surface area contributed by atoms with E-state index in [4.69, 9.17) is 4.42 Å². The topological polar surface area (TPSA) is 74.6 Å². The Morgan fingerprint density at radius 3 is 2.86 bits per heavy atom. The lowest BCUT2D eigenvalue weighted by atomic mass is 10.1. The van der Waals surface area contributed by atoms with Crippen LogP contribution >= 0.6 is 12.4 Å². The van der Waals surface area contributed by atoms with Gasteiger partial charge in [-0.1, -0.05) is 0 Å². The highest BCUT2D eigenvalue weighted by molar-refractivity contribution is 5.97. The number of likely N-dealkylation sites (N-methyl/N-ethyl adjacent to an activating group) is 1. The zero-order valence-electron chi connectivity index (χ0n) is 12.3. The summed E-state index contributed by atoms with van der Waals surface area (Å²) in [5.74, 6) is -0.330. The molecule has 0 aliphatic carbocycles. The van der Waals surface area contributed by atoms with Crippen molar-refractivity contribution in [2.75, 3.05) is 20.1 Å². The van der Waals surface area contributed by atoms with Crippen molar-refractivity contribution < 1.29 is 14.0 Å². The number of amides is 2. The van der Waals surface area contributed by atoms with Crippen LogP contribution in [0.4, 0.5) is 0 Å². The van der Waals surface area contributed by atoms with Gasteiger partial charge in [-0.2, -0.15) is 0 Å². The standard InChI is InChI=1S/C14H21N3O3.ClH/c1-10(16-13(18)11-5-7-20-9-11)14(19)17-6-3-4-12(8-17)15-2;/h5,7,9-10,12,15H,3-4,6,8H2,1-2H3,(H,16,18);1H. The fraction of sp³-hybridized carbons (Fsp3) is 0.571. The molecule has 1 aliphatic rings. The number of piperidine rings is 1. The minimum absolute atomic E-state index is 0. The number of nitrogens with zero attached hydrogens (tertiary/aromatic N) is 1. The molecule has 7 heteroatoms. The molecule has 1 fully saturated rings. The lowest BCUT2D eigenvalue weighted by Crippen LogP contribution is -2.53. The maximum Gasteiger partial charge on any atom is 0.255 e. The zero-order chi connectivity index (χ0) is 14.5. The summed E-state index contributed by atoms with van der Waals surface area (Å²) in [6, 6.07) is 1.38. The summed E-state index contributed by atoms with van der Waals surface area (Å²) in [7, 11) is 1.91. The highest BCUT2D eigenvalue weighted by atomic mass is 35.5. The normalized spacial score (nSPS) is 19.5. The van der Waals surface area contributed by atoms with Crippen molar-refractivity contribution in [1.29, 1.82) is 0 Å². The van der Waals surface area contributed by atoms with Crippen LogP contribution in [-0.2, 0) is 4.79 Å². The second kappa shape index (κ2) is 8.05. The third-order valence-electron chi connectivity index (χ3n) is 3.64. The van der Waals surface area contributed by atoms with Gasteiger partial charge in [0.25, 0.3) is 5.91 Å². The van der Waals surface area contributed by atoms with Gasteiger partial charge in [-0.05, 0) is 32.9 Å². The average molecular weight is 316 g/mol. The highest BCUT2D eigenvalue weighted by Crippen LogP contribution is 2.11. The van der Waals surface area contributed by atoms with E-state index in [2.05, 4.69) is 10.6 Å². The summed E-state index contributed by atoms with van der Waals surface area (Å²) < 4.78 is 4.86. The van der Waals surface area contributed by atoms with Crippen molar-refractivity contribution in [2.45, 2.75) is 31.8 Å². The molecule has 21 heavy (non-hydrogen) atoms. The fourth-order valence-corrected chi connectivity index (χ4v) is 2.42. The first-order valence-corrected chi connectivity index (χ1v) is 6.91. The molecule has 2 N–H and O–H groups in total. The molecule has 2 amide bonds. The van der Waals surface area contributed by atoms with Gasteiger partial charge >= 0.3 is 0 Å². The quantitative estimate of drug-likeness (QED) is 0.870. The Morgan fingerprint density at radius 2 is 2.24 bits per heavy atom. The molecular formula is C14H22ClN3O3. The van der Waals surface area contributed by atoms with Crippen LogP contribution in [0.1, 0.15) is 30.1 Å². The van der Waals surface area contributed by atoms with Gasteiger partial charge in [0.2, 0.25) is 5.91 Å². The zero-order valence-corrected chi connectivity index (χ0v) is 13.1. The molecule has 2 rings (SSSR count). The Balaban J connectivity index is 0.00000220. The molecule has 2 unspecified atom stereocenters. The molecule has 0 bridgehead atoms. The average Bonchev–Trinajstić information content (AvgIpc) is 3.00. The van der Waals surface area contributed by atoms with Gasteiger partial charge in [0.1, 0.15) is 12.3 Å². The molecule has 1 aromatic rings. The van der Waals surface area contributed by atoms with Crippen LogP contribution < -0.4 is 10.6 Å². The lowest BCUT2D eigenvalue weighted by molar-refractivity contribution is -0.134. The van der Waals surface area contributed by atoms with Gasteiger partial charge in [-0.25, -0.2) is 0 Å². The number of nitrogens with one attached hydrogen (secondary N) is 2. The number of carbonyl (C=O) groups is 2. The predicted octanol–water partition coefficient (Wildman–Crippen LogP) is 1.03. The molecule has 2 atom stereocenters. The van der Waals surface area contributed by atoms with Crippen LogP contribution in [0.25, 0.3) is 0 Å². The van der Waals surface area contributed by atoms with E-state index >= 15 is 0 Å². The summed E-state index contributed by atoms with van der Waals surface area (Å²) in [4.78, 5) is 26.0. The van der Waals surface area contributed by atoms with Crippen molar-refractivity contribution in [3.8, 4) is 0 Å². The smallest absolute Gasteiger partial charge is 0.255 e. The molecule has 0 spiro atoms. The van der Waals surface area contributed by atoms with Crippen molar-refractivity contribution in [1.82, 2.24) is 15.5 Å². The summed E-state index contributed by atoms with van der Waals surface area (Å²) in [6.45, 7) is 3.16. The van der Waals surface area contributed by atoms with Crippen molar-refractivity contribution in [3.63, 3.8) is 0 Å². The molecule has 1 aliphatic heterocycles. The summed E-state index contributed by atoms with van der Waals surface area (Å²) >= 11 is 0. The van der Waals surface area contributed by atoms with E-state index in [9.17, 15) is 9.59 Å². The largest absolute Gasteiger partial charge is 0.472 e. The summed E-state index contributed by atoms with van der Waals surface area (Å²) in [5, 5.41) is 5.90. The first-order valence-electron chi connectivity index (χ1n) is 6.91. The Kier molecular flexibility index (Phi) is 6.71. The van der Waals surface area contributed by atoms with Crippen molar-refractivity contribution in [3.05, 3.63) is 24.2 Å². The van der Waals surface area contributed by atoms with E-state index in [1.807, 2.05) is 11.9 Å². The van der Waals surface area contributed by atoms with E-state index in [-0.39, 0.29) is 24.2 Å². The number of halogens is 1. The van der Waals surface area contributed by atoms with Gasteiger partial charge in [0.05, 0.1) is 11.8 Å². The minimum Gasteiger partial charge on any atom is -0.472 e. The Hall–Kier alpha value is -1.53. The van der Waals surface area contributed by atoms with Gasteiger partial charge in [-0.3, -0.25) is 9.59 Å². The highest BCUT2D eigenvalue weighted by Gasteiger charge is 2.27. The first kappa shape index (κ1) is 17.5. The van der Waals surface area contributed by atoms with E-state index in [0.29, 0.717) is 18.2 Å².